The minimum absolute atomic E-state index is 0.134. The zero-order valence-corrected chi connectivity index (χ0v) is 15.1. The van der Waals surface area contributed by atoms with Crippen molar-refractivity contribution in [3.63, 3.8) is 0 Å². The third-order valence-corrected chi connectivity index (χ3v) is 5.00. The van der Waals surface area contributed by atoms with Gasteiger partial charge in [0.25, 0.3) is 0 Å². The summed E-state index contributed by atoms with van der Waals surface area (Å²) in [6.45, 7) is 4.25. The summed E-state index contributed by atoms with van der Waals surface area (Å²) in [7, 11) is 0. The predicted molar refractivity (Wildman–Crippen MR) is 103 cm³/mol. The Morgan fingerprint density at radius 2 is 1.96 bits per heavy atom. The third kappa shape index (κ3) is 4.38. The van der Waals surface area contributed by atoms with Crippen molar-refractivity contribution in [2.24, 2.45) is 5.92 Å². The molecule has 1 fully saturated rings. The van der Waals surface area contributed by atoms with E-state index in [4.69, 9.17) is 0 Å². The molecule has 1 saturated carbocycles. The highest BCUT2D eigenvalue weighted by Gasteiger charge is 2.21. The molecule has 0 bridgehead atoms. The molecule has 0 unspecified atom stereocenters. The van der Waals surface area contributed by atoms with Crippen LogP contribution >= 0.6 is 0 Å². The van der Waals surface area contributed by atoms with Gasteiger partial charge in [0.05, 0.1) is 11.9 Å². The fourth-order valence-electron chi connectivity index (χ4n) is 3.48. The van der Waals surface area contributed by atoms with E-state index in [1.807, 2.05) is 12.1 Å². The van der Waals surface area contributed by atoms with Crippen LogP contribution in [0.4, 0.5) is 17.2 Å². The van der Waals surface area contributed by atoms with Gasteiger partial charge < -0.3 is 10.6 Å². The Morgan fingerprint density at radius 3 is 2.64 bits per heavy atom. The van der Waals surface area contributed by atoms with E-state index >= 15 is 0 Å². The number of rotatable bonds is 5. The van der Waals surface area contributed by atoms with E-state index in [1.165, 1.54) is 17.5 Å². The number of hydrogen-bond acceptors (Lipinski definition) is 3. The lowest BCUT2D eigenvalue weighted by atomic mass is 9.88. The molecule has 0 spiro atoms. The lowest BCUT2D eigenvalue weighted by molar-refractivity contribution is -0.120. The molecule has 3 rings (SSSR count). The first kappa shape index (κ1) is 17.5. The Labute approximate surface area is 150 Å². The van der Waals surface area contributed by atoms with Crippen LogP contribution in [0.15, 0.2) is 36.5 Å². The number of anilines is 3. The van der Waals surface area contributed by atoms with Gasteiger partial charge in [-0.25, -0.2) is 4.98 Å². The number of carbonyl (C=O) groups excluding carboxylic acids is 1. The minimum atomic E-state index is 0.134. The van der Waals surface area contributed by atoms with Gasteiger partial charge in [-0.2, -0.15) is 0 Å². The molecule has 4 heteroatoms. The molecule has 2 aromatic rings. The number of aromatic nitrogens is 1. The molecule has 1 aliphatic carbocycles. The standard InChI is InChI=1S/C21H27N3O/c1-3-16-11-7-8-15(2)20(16)24-19-13-12-18(14-22-19)23-21(25)17-9-5-4-6-10-17/h7-8,11-14,17H,3-6,9-10H2,1-2H3,(H,22,24)(H,23,25). The van der Waals surface area contributed by atoms with Crippen molar-refractivity contribution in [2.75, 3.05) is 10.6 Å². The minimum Gasteiger partial charge on any atom is -0.340 e. The summed E-state index contributed by atoms with van der Waals surface area (Å²) in [6, 6.07) is 10.1. The van der Waals surface area contributed by atoms with E-state index in [2.05, 4.69) is 47.7 Å². The molecule has 0 saturated heterocycles. The second kappa shape index (κ2) is 8.15. The molecule has 1 heterocycles. The van der Waals surface area contributed by atoms with Crippen LogP contribution in [0.3, 0.4) is 0 Å². The Bertz CT molecular complexity index is 718. The summed E-state index contributed by atoms with van der Waals surface area (Å²) in [4.78, 5) is 16.8. The number of aryl methyl sites for hydroxylation is 2. The van der Waals surface area contributed by atoms with Gasteiger partial charge in [0, 0.05) is 11.6 Å². The van der Waals surface area contributed by atoms with Gasteiger partial charge in [-0.15, -0.1) is 0 Å². The number of nitrogens with zero attached hydrogens (tertiary/aromatic N) is 1. The molecule has 1 aliphatic rings. The average molecular weight is 337 g/mol. The van der Waals surface area contributed by atoms with Crippen LogP contribution in [-0.2, 0) is 11.2 Å². The number of para-hydroxylation sites is 1. The highest BCUT2D eigenvalue weighted by atomic mass is 16.1. The maximum Gasteiger partial charge on any atom is 0.227 e. The average Bonchev–Trinajstić information content (AvgIpc) is 2.65. The molecule has 0 atom stereocenters. The molecular weight excluding hydrogens is 310 g/mol. The smallest absolute Gasteiger partial charge is 0.227 e. The first-order valence-electron chi connectivity index (χ1n) is 9.30. The van der Waals surface area contributed by atoms with E-state index in [9.17, 15) is 4.79 Å². The summed E-state index contributed by atoms with van der Waals surface area (Å²) in [5.74, 6) is 1.08. The molecule has 132 valence electrons. The zero-order valence-electron chi connectivity index (χ0n) is 15.1. The Hall–Kier alpha value is -2.36. The first-order chi connectivity index (χ1) is 12.2. The van der Waals surface area contributed by atoms with Gasteiger partial charge in [-0.1, -0.05) is 44.4 Å². The Kier molecular flexibility index (Phi) is 5.69. The number of benzene rings is 1. The molecule has 0 radical (unpaired) electrons. The molecule has 2 N–H and O–H groups in total. The van der Waals surface area contributed by atoms with E-state index in [0.717, 1.165) is 49.3 Å². The van der Waals surface area contributed by atoms with Crippen LogP contribution in [0.2, 0.25) is 0 Å². The van der Waals surface area contributed by atoms with Gasteiger partial charge >= 0.3 is 0 Å². The normalized spacial score (nSPS) is 15.0. The highest BCUT2D eigenvalue weighted by Crippen LogP contribution is 2.26. The number of nitrogens with one attached hydrogen (secondary N) is 2. The van der Waals surface area contributed by atoms with Crippen molar-refractivity contribution in [1.29, 1.82) is 0 Å². The molecule has 0 aliphatic heterocycles. The number of hydrogen-bond donors (Lipinski definition) is 2. The lowest BCUT2D eigenvalue weighted by Gasteiger charge is -2.20. The fourth-order valence-corrected chi connectivity index (χ4v) is 3.48. The van der Waals surface area contributed by atoms with Crippen LogP contribution in [-0.4, -0.2) is 10.9 Å². The van der Waals surface area contributed by atoms with Crippen molar-refractivity contribution in [2.45, 2.75) is 52.4 Å². The first-order valence-corrected chi connectivity index (χ1v) is 9.30. The molecular formula is C21H27N3O. The van der Waals surface area contributed by atoms with Crippen molar-refractivity contribution in [1.82, 2.24) is 4.98 Å². The predicted octanol–water partition coefficient (Wildman–Crippen LogP) is 5.21. The largest absolute Gasteiger partial charge is 0.340 e. The number of pyridine rings is 1. The lowest BCUT2D eigenvalue weighted by Crippen LogP contribution is -2.24. The number of carbonyl (C=O) groups is 1. The zero-order chi connectivity index (χ0) is 17.6. The van der Waals surface area contributed by atoms with E-state index < -0.39 is 0 Å². The van der Waals surface area contributed by atoms with E-state index in [0.29, 0.717) is 0 Å². The van der Waals surface area contributed by atoms with Gasteiger partial charge in [-0.3, -0.25) is 4.79 Å². The summed E-state index contributed by atoms with van der Waals surface area (Å²) in [5.41, 5.74) is 4.37. The fraction of sp³-hybridized carbons (Fsp3) is 0.429. The van der Waals surface area contributed by atoms with Crippen LogP contribution < -0.4 is 10.6 Å². The molecule has 1 amide bonds. The summed E-state index contributed by atoms with van der Waals surface area (Å²) in [5, 5.41) is 6.42. The van der Waals surface area contributed by atoms with Gasteiger partial charge in [0.1, 0.15) is 5.82 Å². The Morgan fingerprint density at radius 1 is 1.16 bits per heavy atom. The van der Waals surface area contributed by atoms with E-state index in [-0.39, 0.29) is 11.8 Å². The quantitative estimate of drug-likeness (QED) is 0.787. The SMILES string of the molecule is CCc1cccc(C)c1Nc1ccc(NC(=O)C2CCCCC2)cn1. The topological polar surface area (TPSA) is 54.0 Å². The molecule has 1 aromatic carbocycles. The van der Waals surface area contributed by atoms with Crippen molar-refractivity contribution in [3.8, 4) is 0 Å². The van der Waals surface area contributed by atoms with Gasteiger partial charge in [-0.05, 0) is 49.4 Å². The summed E-state index contributed by atoms with van der Waals surface area (Å²) in [6.07, 6.45) is 8.29. The van der Waals surface area contributed by atoms with Gasteiger partial charge in [0.2, 0.25) is 5.91 Å². The monoisotopic (exact) mass is 337 g/mol. The van der Waals surface area contributed by atoms with Crippen LogP contribution in [0, 0.1) is 12.8 Å². The Balaban J connectivity index is 1.65. The summed E-state index contributed by atoms with van der Waals surface area (Å²) < 4.78 is 0. The summed E-state index contributed by atoms with van der Waals surface area (Å²) >= 11 is 0. The van der Waals surface area contributed by atoms with E-state index in [1.54, 1.807) is 6.20 Å². The second-order valence-electron chi connectivity index (χ2n) is 6.84. The van der Waals surface area contributed by atoms with Crippen LogP contribution in [0.1, 0.15) is 50.2 Å². The van der Waals surface area contributed by atoms with Crippen molar-refractivity contribution >= 4 is 23.1 Å². The third-order valence-electron chi connectivity index (χ3n) is 5.00. The van der Waals surface area contributed by atoms with Crippen LogP contribution in [0.5, 0.6) is 0 Å². The molecule has 4 nitrogen and oxygen atoms in total. The molecule has 1 aromatic heterocycles. The van der Waals surface area contributed by atoms with Crippen LogP contribution in [0.25, 0.3) is 0 Å². The van der Waals surface area contributed by atoms with Gasteiger partial charge in [0.15, 0.2) is 0 Å². The molecule has 25 heavy (non-hydrogen) atoms. The van der Waals surface area contributed by atoms with Crippen molar-refractivity contribution in [3.05, 3.63) is 47.7 Å². The maximum atomic E-state index is 12.3. The van der Waals surface area contributed by atoms with Crippen molar-refractivity contribution < 1.29 is 4.79 Å². The highest BCUT2D eigenvalue weighted by molar-refractivity contribution is 5.92. The number of amides is 1. The second-order valence-corrected chi connectivity index (χ2v) is 6.84. The maximum absolute atomic E-state index is 12.3.